The fourth-order valence-electron chi connectivity index (χ4n) is 2.86. The summed E-state index contributed by atoms with van der Waals surface area (Å²) in [6, 6.07) is 8.62. The van der Waals surface area contributed by atoms with Gasteiger partial charge >= 0.3 is 11.9 Å². The van der Waals surface area contributed by atoms with Gasteiger partial charge in [-0.1, -0.05) is 24.3 Å². The highest BCUT2D eigenvalue weighted by atomic mass is 32.1. The number of esters is 1. The number of ether oxygens (including phenoxy) is 1. The van der Waals surface area contributed by atoms with Crippen LogP contribution in [0.15, 0.2) is 36.4 Å². The summed E-state index contributed by atoms with van der Waals surface area (Å²) in [5.41, 5.74) is 4.83. The maximum Gasteiger partial charge on any atom is 0.362 e. The van der Waals surface area contributed by atoms with Gasteiger partial charge < -0.3 is 14.9 Å². The van der Waals surface area contributed by atoms with E-state index in [0.717, 1.165) is 10.4 Å². The average molecular weight is 400 g/mol. The van der Waals surface area contributed by atoms with Crippen LogP contribution in [0.2, 0.25) is 0 Å². The molecule has 3 rings (SSSR count). The molecule has 1 aliphatic carbocycles. The van der Waals surface area contributed by atoms with Gasteiger partial charge in [0.1, 0.15) is 5.00 Å². The molecule has 2 aromatic rings. The molecule has 0 radical (unpaired) electrons. The first kappa shape index (κ1) is 19.6. The van der Waals surface area contributed by atoms with E-state index in [2.05, 4.69) is 10.8 Å². The highest BCUT2D eigenvalue weighted by Crippen LogP contribution is 2.40. The monoisotopic (exact) mass is 400 g/mol. The van der Waals surface area contributed by atoms with Crippen LogP contribution in [0.1, 0.15) is 51.4 Å². The second-order valence-corrected chi connectivity index (χ2v) is 7.05. The molecule has 1 aliphatic rings. The molecule has 0 spiro atoms. The van der Waals surface area contributed by atoms with E-state index >= 15 is 0 Å². The first-order chi connectivity index (χ1) is 13.5. The van der Waals surface area contributed by atoms with E-state index in [0.29, 0.717) is 34.7 Å². The number of nitrogens with one attached hydrogen (secondary N) is 2. The SMILES string of the molecule is CCOC(=O)c1c(NC(C)=O)sc2c1CCC=C2NOC(=O)c1ccccc1. The predicted molar refractivity (Wildman–Crippen MR) is 106 cm³/mol. The van der Waals surface area contributed by atoms with Crippen LogP contribution in [0.25, 0.3) is 5.70 Å². The maximum absolute atomic E-state index is 12.4. The number of carbonyl (C=O) groups excluding carboxylic acids is 3. The van der Waals surface area contributed by atoms with Gasteiger partial charge in [-0.15, -0.1) is 11.3 Å². The molecule has 8 heteroatoms. The Morgan fingerprint density at radius 2 is 1.89 bits per heavy atom. The Morgan fingerprint density at radius 1 is 1.14 bits per heavy atom. The van der Waals surface area contributed by atoms with Crippen molar-refractivity contribution in [2.45, 2.75) is 26.7 Å². The summed E-state index contributed by atoms with van der Waals surface area (Å²) in [4.78, 5) is 42.1. The lowest BCUT2D eigenvalue weighted by Gasteiger charge is -2.16. The van der Waals surface area contributed by atoms with Gasteiger partial charge in [-0.05, 0) is 37.5 Å². The second-order valence-electron chi connectivity index (χ2n) is 6.03. The van der Waals surface area contributed by atoms with E-state index < -0.39 is 11.9 Å². The Kier molecular flexibility index (Phi) is 6.10. The molecule has 1 aromatic carbocycles. The number of anilines is 1. The van der Waals surface area contributed by atoms with Gasteiger partial charge in [-0.3, -0.25) is 4.79 Å². The fourth-order valence-corrected chi connectivity index (χ4v) is 4.13. The molecule has 0 saturated carbocycles. The van der Waals surface area contributed by atoms with Crippen molar-refractivity contribution in [1.29, 1.82) is 0 Å². The number of allylic oxidation sites excluding steroid dienone is 1. The molecule has 0 saturated heterocycles. The molecular formula is C20H20N2O5S. The van der Waals surface area contributed by atoms with Gasteiger partial charge in [0.15, 0.2) is 0 Å². The molecule has 146 valence electrons. The van der Waals surface area contributed by atoms with E-state index in [1.807, 2.05) is 12.1 Å². The third-order valence-corrected chi connectivity index (χ3v) is 5.21. The number of benzene rings is 1. The Bertz CT molecular complexity index is 934. The van der Waals surface area contributed by atoms with Crippen LogP contribution in [0.3, 0.4) is 0 Å². The van der Waals surface area contributed by atoms with Crippen molar-refractivity contribution < 1.29 is 24.0 Å². The standard InChI is InChI=1S/C20H20N2O5S/c1-3-26-20(25)16-14-10-7-11-15(17(14)28-18(16)21-12(2)23)22-27-19(24)13-8-5-4-6-9-13/h4-6,8-9,11,22H,3,7,10H2,1-2H3,(H,21,23). The number of amides is 1. The number of carbonyl (C=O) groups is 3. The second kappa shape index (κ2) is 8.71. The van der Waals surface area contributed by atoms with Crippen molar-refractivity contribution in [2.24, 2.45) is 0 Å². The highest BCUT2D eigenvalue weighted by Gasteiger charge is 2.29. The number of hydrogen-bond acceptors (Lipinski definition) is 7. The van der Waals surface area contributed by atoms with E-state index in [-0.39, 0.29) is 12.5 Å². The van der Waals surface area contributed by atoms with Gasteiger partial charge in [0.05, 0.1) is 28.3 Å². The third kappa shape index (κ3) is 4.23. The average Bonchev–Trinajstić information content (AvgIpc) is 3.04. The summed E-state index contributed by atoms with van der Waals surface area (Å²) in [5.74, 6) is -1.28. The van der Waals surface area contributed by atoms with Gasteiger partial charge in [-0.25, -0.2) is 15.1 Å². The van der Waals surface area contributed by atoms with Crippen molar-refractivity contribution in [1.82, 2.24) is 5.48 Å². The zero-order valence-corrected chi connectivity index (χ0v) is 16.4. The highest BCUT2D eigenvalue weighted by molar-refractivity contribution is 7.18. The molecule has 1 aromatic heterocycles. The third-order valence-electron chi connectivity index (χ3n) is 4.03. The summed E-state index contributed by atoms with van der Waals surface area (Å²) in [6.07, 6.45) is 3.17. The smallest absolute Gasteiger partial charge is 0.362 e. The summed E-state index contributed by atoms with van der Waals surface area (Å²) >= 11 is 1.25. The van der Waals surface area contributed by atoms with Gasteiger partial charge in [0.25, 0.3) is 0 Å². The normalized spacial score (nSPS) is 12.4. The summed E-state index contributed by atoms with van der Waals surface area (Å²) < 4.78 is 5.16. The minimum Gasteiger partial charge on any atom is -0.462 e. The Hall–Kier alpha value is -3.13. The lowest BCUT2D eigenvalue weighted by Crippen LogP contribution is -2.20. The van der Waals surface area contributed by atoms with Crippen LogP contribution in [0, 0.1) is 0 Å². The first-order valence-corrected chi connectivity index (χ1v) is 9.66. The van der Waals surface area contributed by atoms with Crippen molar-refractivity contribution in [3.05, 3.63) is 58.0 Å². The first-order valence-electron chi connectivity index (χ1n) is 8.84. The quantitative estimate of drug-likeness (QED) is 0.569. The van der Waals surface area contributed by atoms with Crippen LogP contribution >= 0.6 is 11.3 Å². The number of rotatable bonds is 6. The van der Waals surface area contributed by atoms with Crippen molar-refractivity contribution >= 4 is 39.9 Å². The molecule has 0 aliphatic heterocycles. The summed E-state index contributed by atoms with van der Waals surface area (Å²) in [6.45, 7) is 3.34. The van der Waals surface area contributed by atoms with Gasteiger partial charge in [0, 0.05) is 6.92 Å². The zero-order chi connectivity index (χ0) is 20.1. The number of hydrogen-bond donors (Lipinski definition) is 2. The van der Waals surface area contributed by atoms with E-state index in [1.54, 1.807) is 31.2 Å². The molecule has 0 fully saturated rings. The van der Waals surface area contributed by atoms with Gasteiger partial charge in [-0.2, -0.15) is 0 Å². The molecule has 0 unspecified atom stereocenters. The molecular weight excluding hydrogens is 380 g/mol. The topological polar surface area (TPSA) is 93.7 Å². The van der Waals surface area contributed by atoms with E-state index in [9.17, 15) is 14.4 Å². The molecule has 7 nitrogen and oxygen atoms in total. The van der Waals surface area contributed by atoms with Gasteiger partial charge in [0.2, 0.25) is 5.91 Å². The zero-order valence-electron chi connectivity index (χ0n) is 15.5. The number of fused-ring (bicyclic) bond motifs is 1. The predicted octanol–water partition coefficient (Wildman–Crippen LogP) is 3.53. The molecule has 0 atom stereocenters. The lowest BCUT2D eigenvalue weighted by atomic mass is 9.98. The Labute approximate surface area is 166 Å². The Morgan fingerprint density at radius 3 is 2.57 bits per heavy atom. The van der Waals surface area contributed by atoms with E-state index in [4.69, 9.17) is 9.57 Å². The van der Waals surface area contributed by atoms with Crippen LogP contribution in [0.5, 0.6) is 0 Å². The largest absolute Gasteiger partial charge is 0.462 e. The maximum atomic E-state index is 12.4. The van der Waals surface area contributed by atoms with Crippen molar-refractivity contribution in [2.75, 3.05) is 11.9 Å². The molecule has 1 heterocycles. The lowest BCUT2D eigenvalue weighted by molar-refractivity contribution is -0.114. The molecule has 0 bridgehead atoms. The van der Waals surface area contributed by atoms with E-state index in [1.165, 1.54) is 18.3 Å². The van der Waals surface area contributed by atoms with Crippen molar-refractivity contribution in [3.63, 3.8) is 0 Å². The van der Waals surface area contributed by atoms with Crippen LogP contribution in [-0.4, -0.2) is 24.5 Å². The number of thiophene rings is 1. The molecule has 1 amide bonds. The minimum absolute atomic E-state index is 0.235. The van der Waals surface area contributed by atoms with Crippen LogP contribution < -0.4 is 10.8 Å². The van der Waals surface area contributed by atoms with Crippen LogP contribution in [-0.2, 0) is 20.8 Å². The summed E-state index contributed by atoms with van der Waals surface area (Å²) in [7, 11) is 0. The minimum atomic E-state index is -0.516. The fraction of sp³-hybridized carbons (Fsp3) is 0.250. The summed E-state index contributed by atoms with van der Waals surface area (Å²) in [5, 5.41) is 3.13. The molecule has 2 N–H and O–H groups in total. The number of hydroxylamine groups is 1. The Balaban J connectivity index is 1.85. The van der Waals surface area contributed by atoms with Crippen LogP contribution in [0.4, 0.5) is 5.00 Å². The van der Waals surface area contributed by atoms with Crippen molar-refractivity contribution in [3.8, 4) is 0 Å². The molecule has 28 heavy (non-hydrogen) atoms.